The average Bonchev–Trinajstić information content (AvgIpc) is 2.98. The molecule has 0 bridgehead atoms. The molecule has 166 valence electrons. The van der Waals surface area contributed by atoms with Crippen molar-refractivity contribution in [3.63, 3.8) is 0 Å². The van der Waals surface area contributed by atoms with Gasteiger partial charge in [0.25, 0.3) is 5.91 Å². The third-order valence-electron chi connectivity index (χ3n) is 4.83. The largest absolute Gasteiger partial charge is 0.462 e. The number of imide groups is 1. The molecule has 0 saturated carbocycles. The number of hydrogen-bond acceptors (Lipinski definition) is 6. The molecular weight excluding hydrogens is 402 g/mol. The Hall–Kier alpha value is -3.62. The molecule has 9 heteroatoms. The minimum atomic E-state index is -0.760. The van der Waals surface area contributed by atoms with E-state index >= 15 is 0 Å². The second-order valence-corrected chi connectivity index (χ2v) is 7.00. The first-order chi connectivity index (χ1) is 14.6. The number of rotatable bonds is 7. The average molecular weight is 429 g/mol. The van der Waals surface area contributed by atoms with Crippen LogP contribution in [0.25, 0.3) is 0 Å². The summed E-state index contributed by atoms with van der Waals surface area (Å²) in [5.74, 6) is -1.91. The highest BCUT2D eigenvalue weighted by Crippen LogP contribution is 2.18. The Morgan fingerprint density at radius 1 is 1.03 bits per heavy atom. The summed E-state index contributed by atoms with van der Waals surface area (Å²) in [6.45, 7) is 8.37. The fourth-order valence-electron chi connectivity index (χ4n) is 2.98. The lowest BCUT2D eigenvalue weighted by molar-refractivity contribution is -0.148. The summed E-state index contributed by atoms with van der Waals surface area (Å²) in [7, 11) is 0. The van der Waals surface area contributed by atoms with Crippen LogP contribution in [-0.4, -0.2) is 41.7 Å². The lowest BCUT2D eigenvalue weighted by Crippen LogP contribution is -2.37. The highest BCUT2D eigenvalue weighted by atomic mass is 16.5. The van der Waals surface area contributed by atoms with Crippen LogP contribution in [0.4, 0.5) is 10.5 Å². The van der Waals surface area contributed by atoms with Crippen LogP contribution < -0.4 is 10.6 Å². The Morgan fingerprint density at radius 3 is 2.42 bits per heavy atom. The van der Waals surface area contributed by atoms with Gasteiger partial charge in [-0.05, 0) is 57.9 Å². The molecule has 1 heterocycles. The molecule has 3 amide bonds. The molecule has 2 rings (SSSR count). The first kappa shape index (κ1) is 23.7. The summed E-state index contributed by atoms with van der Waals surface area (Å²) in [5.41, 5.74) is 4.07. The lowest BCUT2D eigenvalue weighted by atomic mass is 10.1. The number of urea groups is 1. The zero-order valence-corrected chi connectivity index (χ0v) is 18.3. The second kappa shape index (κ2) is 10.4. The summed E-state index contributed by atoms with van der Waals surface area (Å²) in [5, 5.41) is 4.70. The van der Waals surface area contributed by atoms with E-state index in [1.807, 2.05) is 19.9 Å². The number of ether oxygens (including phenoxy) is 2. The molecule has 2 N–H and O–H groups in total. The van der Waals surface area contributed by atoms with Crippen LogP contribution in [0.1, 0.15) is 39.8 Å². The number of nitrogens with zero attached hydrogens (tertiary/aromatic N) is 1. The van der Waals surface area contributed by atoms with E-state index in [-0.39, 0.29) is 13.2 Å². The summed E-state index contributed by atoms with van der Waals surface area (Å²) in [6, 6.07) is 6.34. The van der Waals surface area contributed by atoms with Gasteiger partial charge in [0.15, 0.2) is 6.61 Å². The van der Waals surface area contributed by atoms with Crippen molar-refractivity contribution >= 4 is 29.6 Å². The number of amides is 3. The topological polar surface area (TPSA) is 116 Å². The van der Waals surface area contributed by atoms with E-state index in [1.54, 1.807) is 43.5 Å². The van der Waals surface area contributed by atoms with Gasteiger partial charge in [-0.3, -0.25) is 14.9 Å². The van der Waals surface area contributed by atoms with Gasteiger partial charge in [-0.15, -0.1) is 0 Å². The number of esters is 2. The molecule has 0 saturated heterocycles. The number of carbonyl (C=O) groups is 4. The van der Waals surface area contributed by atoms with Crippen LogP contribution in [0.15, 0.2) is 24.3 Å². The maximum atomic E-state index is 12.1. The Balaban J connectivity index is 1.87. The molecule has 0 aliphatic carbocycles. The highest BCUT2D eigenvalue weighted by molar-refractivity contribution is 6.02. The zero-order valence-electron chi connectivity index (χ0n) is 18.3. The van der Waals surface area contributed by atoms with Gasteiger partial charge < -0.3 is 19.4 Å². The number of hydrogen-bond donors (Lipinski definition) is 2. The first-order valence-electron chi connectivity index (χ1n) is 9.80. The second-order valence-electron chi connectivity index (χ2n) is 7.00. The molecule has 1 aromatic heterocycles. The van der Waals surface area contributed by atoms with Gasteiger partial charge in [0.2, 0.25) is 0 Å². The Bertz CT molecular complexity index is 1010. The van der Waals surface area contributed by atoms with E-state index in [4.69, 9.17) is 9.47 Å². The van der Waals surface area contributed by atoms with E-state index in [0.29, 0.717) is 22.6 Å². The smallest absolute Gasteiger partial charge is 0.339 e. The first-order valence-corrected chi connectivity index (χ1v) is 9.80. The van der Waals surface area contributed by atoms with E-state index in [9.17, 15) is 19.2 Å². The van der Waals surface area contributed by atoms with Gasteiger partial charge in [-0.25, -0.2) is 9.59 Å². The zero-order chi connectivity index (χ0) is 23.1. The lowest BCUT2D eigenvalue weighted by Gasteiger charge is -2.12. The maximum absolute atomic E-state index is 12.1. The molecule has 0 radical (unpaired) electrons. The van der Waals surface area contributed by atoms with Gasteiger partial charge >= 0.3 is 18.0 Å². The molecule has 1 aromatic carbocycles. The van der Waals surface area contributed by atoms with Crippen LogP contribution in [-0.2, 0) is 25.6 Å². The third kappa shape index (κ3) is 6.18. The quantitative estimate of drug-likeness (QED) is 0.654. The Morgan fingerprint density at radius 2 is 1.74 bits per heavy atom. The highest BCUT2D eigenvalue weighted by Gasteiger charge is 2.19. The van der Waals surface area contributed by atoms with Crippen molar-refractivity contribution in [1.82, 2.24) is 9.88 Å². The van der Waals surface area contributed by atoms with Crippen molar-refractivity contribution in [2.75, 3.05) is 18.5 Å². The van der Waals surface area contributed by atoms with Gasteiger partial charge in [0, 0.05) is 17.1 Å². The predicted molar refractivity (Wildman–Crippen MR) is 114 cm³/mol. The van der Waals surface area contributed by atoms with Gasteiger partial charge in [-0.2, -0.15) is 0 Å². The van der Waals surface area contributed by atoms with Gasteiger partial charge in [0.1, 0.15) is 6.54 Å². The van der Waals surface area contributed by atoms with E-state index < -0.39 is 30.5 Å². The van der Waals surface area contributed by atoms with Crippen molar-refractivity contribution in [3.05, 3.63) is 52.3 Å². The van der Waals surface area contributed by atoms with E-state index in [1.165, 1.54) is 0 Å². The Kier molecular flexibility index (Phi) is 7.95. The van der Waals surface area contributed by atoms with Gasteiger partial charge in [0.05, 0.1) is 12.2 Å². The number of carbonyl (C=O) groups excluding carboxylic acids is 4. The minimum Gasteiger partial charge on any atom is -0.462 e. The predicted octanol–water partition coefficient (Wildman–Crippen LogP) is 2.79. The van der Waals surface area contributed by atoms with Crippen molar-refractivity contribution in [2.24, 2.45) is 0 Å². The molecular formula is C22H27N3O6. The number of aryl methyl sites for hydroxylation is 2. The molecule has 0 spiro atoms. The van der Waals surface area contributed by atoms with Crippen LogP contribution in [0.3, 0.4) is 0 Å². The van der Waals surface area contributed by atoms with Crippen molar-refractivity contribution < 1.29 is 28.7 Å². The minimum absolute atomic E-state index is 0.182. The summed E-state index contributed by atoms with van der Waals surface area (Å²) < 4.78 is 11.6. The van der Waals surface area contributed by atoms with Crippen LogP contribution in [0.5, 0.6) is 0 Å². The normalized spacial score (nSPS) is 10.4. The number of benzene rings is 1. The SMILES string of the molecule is CCOC(=O)c1cc(C)n(CC(=O)OCC(=O)NC(=O)Nc2cccc(C)c2C)c1C. The molecule has 0 fully saturated rings. The molecule has 0 aliphatic rings. The van der Waals surface area contributed by atoms with Crippen LogP contribution in [0, 0.1) is 27.7 Å². The van der Waals surface area contributed by atoms with E-state index in [2.05, 4.69) is 10.6 Å². The van der Waals surface area contributed by atoms with Crippen molar-refractivity contribution in [3.8, 4) is 0 Å². The monoisotopic (exact) mass is 429 g/mol. The molecule has 0 atom stereocenters. The molecule has 9 nitrogen and oxygen atoms in total. The van der Waals surface area contributed by atoms with Crippen molar-refractivity contribution in [2.45, 2.75) is 41.2 Å². The summed E-state index contributed by atoms with van der Waals surface area (Å²) >= 11 is 0. The molecule has 0 aliphatic heterocycles. The fraction of sp³-hybridized carbons (Fsp3) is 0.364. The maximum Gasteiger partial charge on any atom is 0.339 e. The fourth-order valence-corrected chi connectivity index (χ4v) is 2.98. The van der Waals surface area contributed by atoms with Crippen LogP contribution in [0.2, 0.25) is 0 Å². The molecule has 2 aromatic rings. The number of nitrogens with one attached hydrogen (secondary N) is 2. The molecule has 0 unspecified atom stereocenters. The standard InChI is InChI=1S/C22H27N3O6/c1-6-30-21(28)17-10-14(3)25(16(17)5)11-20(27)31-12-19(26)24-22(29)23-18-9-7-8-13(2)15(18)4/h7-10H,6,11-12H2,1-5H3,(H2,23,24,26,29). The van der Waals surface area contributed by atoms with E-state index in [0.717, 1.165) is 11.1 Å². The van der Waals surface area contributed by atoms with Crippen LogP contribution >= 0.6 is 0 Å². The molecule has 31 heavy (non-hydrogen) atoms. The third-order valence-corrected chi connectivity index (χ3v) is 4.83. The summed E-state index contributed by atoms with van der Waals surface area (Å²) in [4.78, 5) is 48.0. The summed E-state index contributed by atoms with van der Waals surface area (Å²) in [6.07, 6.45) is 0. The van der Waals surface area contributed by atoms with Crippen molar-refractivity contribution in [1.29, 1.82) is 0 Å². The number of anilines is 1. The van der Waals surface area contributed by atoms with Gasteiger partial charge in [-0.1, -0.05) is 12.1 Å². The Labute approximate surface area is 180 Å². The number of aromatic nitrogens is 1.